The lowest BCUT2D eigenvalue weighted by Crippen LogP contribution is -2.23. The highest BCUT2D eigenvalue weighted by molar-refractivity contribution is 9.13. The van der Waals surface area contributed by atoms with E-state index < -0.39 is 0 Å². The minimum Gasteiger partial charge on any atom is -0.483 e. The van der Waals surface area contributed by atoms with Crippen LogP contribution in [0.3, 0.4) is 0 Å². The van der Waals surface area contributed by atoms with Crippen LogP contribution in [0, 0.1) is 0 Å². The summed E-state index contributed by atoms with van der Waals surface area (Å²) in [6.45, 7) is 0.450. The Bertz CT molecular complexity index is 821. The van der Waals surface area contributed by atoms with E-state index in [4.69, 9.17) is 21.4 Å². The molecule has 0 amide bonds. The molecule has 0 aromatic carbocycles. The fourth-order valence-electron chi connectivity index (χ4n) is 2.50. The molecule has 0 fully saturated rings. The summed E-state index contributed by atoms with van der Waals surface area (Å²) < 4.78 is 3.20. The molecular formula is C12H13Br2N5O3. The third-order valence-electron chi connectivity index (χ3n) is 3.23. The van der Waals surface area contributed by atoms with E-state index in [1.807, 2.05) is 0 Å². The van der Waals surface area contributed by atoms with Crippen molar-refractivity contribution in [2.75, 3.05) is 0 Å². The van der Waals surface area contributed by atoms with Gasteiger partial charge in [-0.05, 0) is 44.7 Å². The van der Waals surface area contributed by atoms with E-state index >= 15 is 0 Å². The van der Waals surface area contributed by atoms with Crippen LogP contribution in [0.25, 0.3) is 10.9 Å². The molecule has 0 atom stereocenters. The van der Waals surface area contributed by atoms with Gasteiger partial charge in [-0.25, -0.2) is 4.99 Å². The van der Waals surface area contributed by atoms with Gasteiger partial charge >= 0.3 is 0 Å². The van der Waals surface area contributed by atoms with Crippen LogP contribution >= 0.6 is 31.9 Å². The molecule has 3 heterocycles. The molecule has 0 aliphatic carbocycles. The Labute approximate surface area is 141 Å². The van der Waals surface area contributed by atoms with E-state index in [9.17, 15) is 4.79 Å². The predicted molar refractivity (Wildman–Crippen MR) is 90.4 cm³/mol. The molecule has 8 nitrogen and oxygen atoms in total. The summed E-state index contributed by atoms with van der Waals surface area (Å²) in [6, 6.07) is 0. The summed E-state index contributed by atoms with van der Waals surface area (Å²) in [6.07, 6.45) is 1.72. The molecule has 22 heavy (non-hydrogen) atoms. The van der Waals surface area contributed by atoms with Gasteiger partial charge in [-0.3, -0.25) is 9.59 Å². The molecule has 3 rings (SSSR count). The molecule has 0 bridgehead atoms. The molecule has 0 saturated carbocycles. The van der Waals surface area contributed by atoms with Crippen LogP contribution in [0.4, 0.5) is 5.69 Å². The van der Waals surface area contributed by atoms with Crippen LogP contribution in [-0.2, 0) is 17.8 Å². The van der Waals surface area contributed by atoms with Gasteiger partial charge < -0.3 is 26.1 Å². The number of carboxylic acid groups (broad SMARTS) is 1. The van der Waals surface area contributed by atoms with Crippen molar-refractivity contribution >= 4 is 60.9 Å². The van der Waals surface area contributed by atoms with Gasteiger partial charge in [-0.2, -0.15) is 0 Å². The van der Waals surface area contributed by atoms with Crippen molar-refractivity contribution in [2.24, 2.45) is 16.5 Å². The van der Waals surface area contributed by atoms with Crippen molar-refractivity contribution in [3.8, 4) is 0 Å². The van der Waals surface area contributed by atoms with Gasteiger partial charge in [0.15, 0.2) is 5.96 Å². The van der Waals surface area contributed by atoms with Crippen LogP contribution in [0.15, 0.2) is 18.9 Å². The first-order valence-electron chi connectivity index (χ1n) is 6.22. The van der Waals surface area contributed by atoms with E-state index in [1.54, 1.807) is 4.57 Å². The number of nitrogens with zero attached hydrogens (tertiary/aromatic N) is 2. The molecule has 2 aromatic rings. The van der Waals surface area contributed by atoms with Crippen LogP contribution in [0.5, 0.6) is 0 Å². The summed E-state index contributed by atoms with van der Waals surface area (Å²) >= 11 is 6.83. The second-order valence-corrected chi connectivity index (χ2v) is 6.09. The lowest BCUT2D eigenvalue weighted by atomic mass is 10.2. The van der Waals surface area contributed by atoms with E-state index in [-0.39, 0.29) is 18.0 Å². The van der Waals surface area contributed by atoms with E-state index in [0.29, 0.717) is 22.4 Å². The quantitative estimate of drug-likeness (QED) is 0.305. The van der Waals surface area contributed by atoms with Crippen LogP contribution in [0.2, 0.25) is 0 Å². The monoisotopic (exact) mass is 433 g/mol. The average Bonchev–Trinajstić information content (AvgIpc) is 3.03. The number of hydrogen-bond donors (Lipinski definition) is 4. The van der Waals surface area contributed by atoms with Crippen molar-refractivity contribution in [3.63, 3.8) is 0 Å². The number of pyridine rings is 1. The largest absolute Gasteiger partial charge is 0.483 e. The van der Waals surface area contributed by atoms with Gasteiger partial charge in [-0.1, -0.05) is 0 Å². The maximum absolute atomic E-state index is 12.4. The van der Waals surface area contributed by atoms with Crippen molar-refractivity contribution in [1.29, 1.82) is 0 Å². The Morgan fingerprint density at radius 2 is 2.05 bits per heavy atom. The summed E-state index contributed by atoms with van der Waals surface area (Å²) in [5.41, 5.74) is 13.0. The number of nitrogens with one attached hydrogen (secondary N) is 1. The number of rotatable bonds is 1. The highest BCUT2D eigenvalue weighted by atomic mass is 79.9. The number of carbonyl (C=O) groups is 1. The van der Waals surface area contributed by atoms with Crippen LogP contribution in [-0.4, -0.2) is 27.1 Å². The molecule has 1 aliphatic rings. The zero-order chi connectivity index (χ0) is 16.4. The van der Waals surface area contributed by atoms with Gasteiger partial charge in [0.1, 0.15) is 5.52 Å². The first-order valence-corrected chi connectivity index (χ1v) is 7.80. The number of aliphatic imine (C=N–C) groups is 1. The maximum Gasteiger partial charge on any atom is 0.290 e. The fraction of sp³-hybridized carbons (Fsp3) is 0.250. The Kier molecular flexibility index (Phi) is 4.91. The number of halogens is 2. The lowest BCUT2D eigenvalue weighted by molar-refractivity contribution is -0.122. The smallest absolute Gasteiger partial charge is 0.290 e. The normalized spacial score (nSPS) is 12.5. The van der Waals surface area contributed by atoms with Crippen molar-refractivity contribution in [2.45, 2.75) is 19.4 Å². The minimum absolute atomic E-state index is 0.0149. The van der Waals surface area contributed by atoms with Crippen molar-refractivity contribution in [3.05, 3.63) is 25.1 Å². The van der Waals surface area contributed by atoms with Crippen LogP contribution in [0.1, 0.15) is 12.1 Å². The van der Waals surface area contributed by atoms with E-state index in [0.717, 1.165) is 28.4 Å². The SMILES string of the molecule is NC(N)=Nc1c2n(c(=O)c3[nH]c(Br)c(Br)c13)CCC2.O=CO. The maximum atomic E-state index is 12.4. The molecular weight excluding hydrogens is 422 g/mol. The molecule has 1 aliphatic heterocycles. The van der Waals surface area contributed by atoms with Crippen molar-refractivity contribution in [1.82, 2.24) is 9.55 Å². The lowest BCUT2D eigenvalue weighted by Gasteiger charge is -2.08. The molecule has 0 unspecified atom stereocenters. The van der Waals surface area contributed by atoms with Gasteiger partial charge in [0, 0.05) is 17.6 Å². The molecule has 6 N–H and O–H groups in total. The fourth-order valence-corrected chi connectivity index (χ4v) is 3.38. The third-order valence-corrected chi connectivity index (χ3v) is 5.15. The number of aromatic amines is 1. The number of fused-ring (bicyclic) bond motifs is 2. The van der Waals surface area contributed by atoms with Gasteiger partial charge in [0.05, 0.1) is 14.8 Å². The number of guanidine groups is 1. The summed E-state index contributed by atoms with van der Waals surface area (Å²) in [4.78, 5) is 28.0. The Morgan fingerprint density at radius 3 is 2.64 bits per heavy atom. The van der Waals surface area contributed by atoms with Gasteiger partial charge in [0.2, 0.25) is 0 Å². The third kappa shape index (κ3) is 2.75. The highest BCUT2D eigenvalue weighted by Crippen LogP contribution is 2.39. The van der Waals surface area contributed by atoms with Crippen LogP contribution < -0.4 is 17.0 Å². The second-order valence-electron chi connectivity index (χ2n) is 4.50. The molecule has 10 heteroatoms. The Morgan fingerprint density at radius 1 is 1.41 bits per heavy atom. The summed E-state index contributed by atoms with van der Waals surface area (Å²) in [5, 5.41) is 7.61. The number of aromatic nitrogens is 2. The first-order chi connectivity index (χ1) is 10.4. The van der Waals surface area contributed by atoms with E-state index in [2.05, 4.69) is 41.8 Å². The first kappa shape index (κ1) is 16.6. The van der Waals surface area contributed by atoms with E-state index in [1.165, 1.54) is 0 Å². The zero-order valence-corrected chi connectivity index (χ0v) is 14.4. The predicted octanol–water partition coefficient (Wildman–Crippen LogP) is 1.41. The number of H-pyrrole nitrogens is 1. The molecule has 0 spiro atoms. The zero-order valence-electron chi connectivity index (χ0n) is 11.3. The topological polar surface area (TPSA) is 139 Å². The highest BCUT2D eigenvalue weighted by Gasteiger charge is 2.24. The van der Waals surface area contributed by atoms with Gasteiger partial charge in [0.25, 0.3) is 12.0 Å². The van der Waals surface area contributed by atoms with Crippen molar-refractivity contribution < 1.29 is 9.90 Å². The number of nitrogens with two attached hydrogens (primary N) is 2. The second kappa shape index (κ2) is 6.53. The minimum atomic E-state index is -0.250. The molecule has 2 aromatic heterocycles. The number of hydrogen-bond acceptors (Lipinski definition) is 3. The Hall–Kier alpha value is -1.81. The Balaban J connectivity index is 0.000000545. The molecule has 118 valence electrons. The standard InChI is InChI=1S/C11H11Br2N5O.CH2O2/c12-6-5-7(17-11(14)15)4-2-1-3-18(4)10(19)8(5)16-9(6)13;2-1-3/h16H,1-3H2,(H4,14,15,17);1H,(H,2,3). The summed E-state index contributed by atoms with van der Waals surface area (Å²) in [5.74, 6) is -0.0149. The molecule has 0 saturated heterocycles. The average molecular weight is 435 g/mol. The summed E-state index contributed by atoms with van der Waals surface area (Å²) in [7, 11) is 0. The van der Waals surface area contributed by atoms with Gasteiger partial charge in [-0.15, -0.1) is 0 Å². The molecule has 0 radical (unpaired) electrons.